The molecule has 0 saturated carbocycles. The topological polar surface area (TPSA) is 12.0 Å². The van der Waals surface area contributed by atoms with Crippen LogP contribution in [0.15, 0.2) is 40.9 Å². The molecule has 5 heteroatoms. The average Bonchev–Trinajstić information content (AvgIpc) is 2.44. The Balaban J connectivity index is 2.38. The van der Waals surface area contributed by atoms with Crippen molar-refractivity contribution in [3.8, 4) is 0 Å². The second-order valence-electron chi connectivity index (χ2n) is 4.66. The molecule has 112 valence electrons. The molecule has 0 radical (unpaired) electrons. The monoisotopic (exact) mass is 357 g/mol. The summed E-state index contributed by atoms with van der Waals surface area (Å²) in [4.78, 5) is 0. The minimum atomic E-state index is -0.893. The molecule has 0 amide bonds. The normalized spacial score (nSPS) is 12.4. The van der Waals surface area contributed by atoms with Crippen LogP contribution in [0.2, 0.25) is 0 Å². The maximum absolute atomic E-state index is 14.1. The fourth-order valence-corrected chi connectivity index (χ4v) is 2.91. The van der Waals surface area contributed by atoms with Crippen molar-refractivity contribution in [1.29, 1.82) is 0 Å². The van der Waals surface area contributed by atoms with Crippen LogP contribution in [0.4, 0.5) is 13.2 Å². The van der Waals surface area contributed by atoms with Crippen molar-refractivity contribution in [3.63, 3.8) is 0 Å². The van der Waals surface area contributed by atoms with E-state index in [4.69, 9.17) is 0 Å². The Morgan fingerprint density at radius 2 is 1.71 bits per heavy atom. The third-order valence-electron chi connectivity index (χ3n) is 3.25. The summed E-state index contributed by atoms with van der Waals surface area (Å²) in [5.41, 5.74) is 0.638. The lowest BCUT2D eigenvalue weighted by atomic mass is 9.98. The second kappa shape index (κ2) is 7.09. The molecule has 0 aliphatic heterocycles. The zero-order valence-electron chi connectivity index (χ0n) is 11.5. The first-order valence-corrected chi connectivity index (χ1v) is 7.44. The molecule has 1 N–H and O–H groups in total. The van der Waals surface area contributed by atoms with Gasteiger partial charge in [-0.3, -0.25) is 0 Å². The lowest BCUT2D eigenvalue weighted by Crippen LogP contribution is -2.25. The molecule has 2 aromatic carbocycles. The molecule has 1 unspecified atom stereocenters. The molecule has 0 aromatic heterocycles. The van der Waals surface area contributed by atoms with Crippen molar-refractivity contribution in [2.75, 3.05) is 6.54 Å². The third-order valence-corrected chi connectivity index (χ3v) is 3.95. The highest BCUT2D eigenvalue weighted by atomic mass is 79.9. The number of rotatable bonds is 5. The van der Waals surface area contributed by atoms with E-state index in [1.54, 1.807) is 12.1 Å². The Kier molecular flexibility index (Phi) is 5.42. The van der Waals surface area contributed by atoms with Crippen LogP contribution in [0.1, 0.15) is 24.1 Å². The van der Waals surface area contributed by atoms with Gasteiger partial charge in [0, 0.05) is 16.1 Å². The Labute approximate surface area is 130 Å². The van der Waals surface area contributed by atoms with Gasteiger partial charge in [0.05, 0.1) is 0 Å². The summed E-state index contributed by atoms with van der Waals surface area (Å²) < 4.78 is 41.8. The van der Waals surface area contributed by atoms with E-state index in [0.717, 1.165) is 6.07 Å². The van der Waals surface area contributed by atoms with Crippen molar-refractivity contribution in [2.24, 2.45) is 0 Å². The molecule has 0 heterocycles. The molecule has 0 aliphatic carbocycles. The van der Waals surface area contributed by atoms with E-state index in [0.29, 0.717) is 16.6 Å². The van der Waals surface area contributed by atoms with Crippen molar-refractivity contribution >= 4 is 15.9 Å². The maximum atomic E-state index is 14.1. The number of hydrogen-bond donors (Lipinski definition) is 1. The van der Waals surface area contributed by atoms with Gasteiger partial charge in [-0.1, -0.05) is 41.1 Å². The fraction of sp³-hybridized carbons (Fsp3) is 0.250. The van der Waals surface area contributed by atoms with Crippen LogP contribution in [0.25, 0.3) is 0 Å². The van der Waals surface area contributed by atoms with E-state index in [-0.39, 0.29) is 17.8 Å². The number of hydrogen-bond acceptors (Lipinski definition) is 1. The zero-order valence-corrected chi connectivity index (χ0v) is 13.1. The van der Waals surface area contributed by atoms with Crippen LogP contribution < -0.4 is 5.32 Å². The van der Waals surface area contributed by atoms with Gasteiger partial charge in [-0.05, 0) is 36.7 Å². The van der Waals surface area contributed by atoms with Gasteiger partial charge < -0.3 is 5.32 Å². The van der Waals surface area contributed by atoms with Gasteiger partial charge in [0.2, 0.25) is 0 Å². The maximum Gasteiger partial charge on any atom is 0.162 e. The highest BCUT2D eigenvalue weighted by Gasteiger charge is 2.20. The molecule has 2 rings (SSSR count). The first-order valence-electron chi connectivity index (χ1n) is 6.64. The van der Waals surface area contributed by atoms with E-state index in [2.05, 4.69) is 21.2 Å². The van der Waals surface area contributed by atoms with E-state index >= 15 is 0 Å². The number of likely N-dealkylation sites (N-methyl/N-ethyl adjacent to an activating group) is 1. The van der Waals surface area contributed by atoms with Gasteiger partial charge in [0.1, 0.15) is 5.82 Å². The van der Waals surface area contributed by atoms with Crippen LogP contribution in [0.3, 0.4) is 0 Å². The van der Waals surface area contributed by atoms with Gasteiger partial charge in [-0.2, -0.15) is 0 Å². The van der Waals surface area contributed by atoms with Gasteiger partial charge in [0.15, 0.2) is 11.6 Å². The molecule has 21 heavy (non-hydrogen) atoms. The van der Waals surface area contributed by atoms with Gasteiger partial charge in [0.25, 0.3) is 0 Å². The summed E-state index contributed by atoms with van der Waals surface area (Å²) in [6.07, 6.45) is 0.164. The van der Waals surface area contributed by atoms with Crippen LogP contribution in [-0.2, 0) is 6.42 Å². The van der Waals surface area contributed by atoms with Crippen LogP contribution in [-0.4, -0.2) is 6.54 Å². The standard InChI is InChI=1S/C16H15BrF3N/c1-2-21-14(15-11(17)6-4-7-12(15)18)9-10-5-3-8-13(19)16(10)20/h3-8,14,21H,2,9H2,1H3. The lowest BCUT2D eigenvalue weighted by molar-refractivity contribution is 0.471. The molecular formula is C16H15BrF3N. The van der Waals surface area contributed by atoms with E-state index in [9.17, 15) is 13.2 Å². The molecule has 0 aliphatic rings. The fourth-order valence-electron chi connectivity index (χ4n) is 2.29. The molecular weight excluding hydrogens is 343 g/mol. The minimum absolute atomic E-state index is 0.164. The first kappa shape index (κ1) is 16.0. The predicted molar refractivity (Wildman–Crippen MR) is 80.6 cm³/mol. The highest BCUT2D eigenvalue weighted by molar-refractivity contribution is 9.10. The van der Waals surface area contributed by atoms with Crippen molar-refractivity contribution < 1.29 is 13.2 Å². The van der Waals surface area contributed by atoms with E-state index < -0.39 is 17.7 Å². The Morgan fingerprint density at radius 3 is 2.38 bits per heavy atom. The second-order valence-corrected chi connectivity index (χ2v) is 5.52. The van der Waals surface area contributed by atoms with Crippen molar-refractivity contribution in [3.05, 3.63) is 69.4 Å². The quantitative estimate of drug-likeness (QED) is 0.813. The lowest BCUT2D eigenvalue weighted by Gasteiger charge is -2.21. The smallest absolute Gasteiger partial charge is 0.162 e. The minimum Gasteiger partial charge on any atom is -0.310 e. The van der Waals surface area contributed by atoms with Crippen molar-refractivity contribution in [1.82, 2.24) is 5.32 Å². The average molecular weight is 358 g/mol. The number of halogens is 4. The highest BCUT2D eigenvalue weighted by Crippen LogP contribution is 2.29. The first-order chi connectivity index (χ1) is 10.0. The summed E-state index contributed by atoms with van der Waals surface area (Å²) in [5.74, 6) is -2.16. The van der Waals surface area contributed by atoms with Gasteiger partial charge in [-0.15, -0.1) is 0 Å². The third kappa shape index (κ3) is 3.66. The molecule has 0 spiro atoms. The van der Waals surface area contributed by atoms with Crippen molar-refractivity contribution in [2.45, 2.75) is 19.4 Å². The largest absolute Gasteiger partial charge is 0.310 e. The zero-order chi connectivity index (χ0) is 15.4. The Bertz CT molecular complexity index is 611. The van der Waals surface area contributed by atoms with Crippen LogP contribution in [0, 0.1) is 17.5 Å². The van der Waals surface area contributed by atoms with E-state index in [1.165, 1.54) is 18.2 Å². The molecule has 1 atom stereocenters. The van der Waals surface area contributed by atoms with Gasteiger partial charge >= 0.3 is 0 Å². The molecule has 0 fully saturated rings. The molecule has 0 bridgehead atoms. The predicted octanol–water partition coefficient (Wildman–Crippen LogP) is 4.76. The molecule has 2 aromatic rings. The number of benzene rings is 2. The van der Waals surface area contributed by atoms with Gasteiger partial charge in [-0.25, -0.2) is 13.2 Å². The molecule has 0 saturated heterocycles. The number of nitrogens with one attached hydrogen (secondary N) is 1. The summed E-state index contributed by atoms with van der Waals surface area (Å²) in [7, 11) is 0. The summed E-state index contributed by atoms with van der Waals surface area (Å²) in [6, 6.07) is 8.26. The summed E-state index contributed by atoms with van der Waals surface area (Å²) >= 11 is 3.32. The van der Waals surface area contributed by atoms with Crippen LogP contribution in [0.5, 0.6) is 0 Å². The Morgan fingerprint density at radius 1 is 1.05 bits per heavy atom. The molecule has 1 nitrogen and oxygen atoms in total. The van der Waals surface area contributed by atoms with E-state index in [1.807, 2.05) is 6.92 Å². The van der Waals surface area contributed by atoms with Crippen LogP contribution >= 0.6 is 15.9 Å². The Hall–Kier alpha value is -1.33. The summed E-state index contributed by atoms with van der Waals surface area (Å²) in [6.45, 7) is 2.46. The summed E-state index contributed by atoms with van der Waals surface area (Å²) in [5, 5.41) is 3.12. The SMILES string of the molecule is CCNC(Cc1cccc(F)c1F)c1c(F)cccc1Br.